The average Bonchev–Trinajstić information content (AvgIpc) is 3.12. The Bertz CT molecular complexity index is 1170. The van der Waals surface area contributed by atoms with Gasteiger partial charge in [0.05, 0.1) is 0 Å². The third-order valence-corrected chi connectivity index (χ3v) is 3.89. The molecular formula is C19H14F3N7O. The van der Waals surface area contributed by atoms with Gasteiger partial charge in [-0.2, -0.15) is 4.98 Å². The van der Waals surface area contributed by atoms with Gasteiger partial charge in [0.15, 0.2) is 5.65 Å². The molecule has 1 aromatic carbocycles. The minimum absolute atomic E-state index is 0.256. The van der Waals surface area contributed by atoms with Crippen LogP contribution in [0.5, 0.6) is 5.75 Å². The molecule has 3 aromatic heterocycles. The molecule has 4 aromatic rings. The molecular weight excluding hydrogens is 399 g/mol. The molecule has 0 fully saturated rings. The van der Waals surface area contributed by atoms with E-state index in [-0.39, 0.29) is 11.7 Å². The van der Waals surface area contributed by atoms with Crippen LogP contribution in [0.25, 0.3) is 16.9 Å². The Kier molecular flexibility index (Phi) is 4.92. The van der Waals surface area contributed by atoms with E-state index in [0.29, 0.717) is 22.8 Å². The van der Waals surface area contributed by atoms with E-state index >= 15 is 0 Å². The van der Waals surface area contributed by atoms with Gasteiger partial charge in [0.2, 0.25) is 5.95 Å². The molecule has 0 aliphatic carbocycles. The van der Waals surface area contributed by atoms with E-state index in [9.17, 15) is 13.2 Å². The van der Waals surface area contributed by atoms with E-state index in [1.807, 2.05) is 6.07 Å². The summed E-state index contributed by atoms with van der Waals surface area (Å²) in [4.78, 5) is 13.1. The Hall–Kier alpha value is -4.15. The van der Waals surface area contributed by atoms with Crippen molar-refractivity contribution < 1.29 is 17.9 Å². The van der Waals surface area contributed by atoms with Gasteiger partial charge in [0, 0.05) is 29.8 Å². The van der Waals surface area contributed by atoms with Gasteiger partial charge in [-0.05, 0) is 42.6 Å². The fourth-order valence-electron chi connectivity index (χ4n) is 2.67. The lowest BCUT2D eigenvalue weighted by molar-refractivity contribution is -0.274. The lowest BCUT2D eigenvalue weighted by Crippen LogP contribution is -2.16. The molecule has 30 heavy (non-hydrogen) atoms. The minimum atomic E-state index is -4.74. The molecule has 11 heteroatoms. The number of rotatable bonds is 6. The maximum absolute atomic E-state index is 12.3. The molecule has 3 heterocycles. The first-order chi connectivity index (χ1) is 14.4. The molecule has 0 saturated carbocycles. The predicted octanol–water partition coefficient (Wildman–Crippen LogP) is 4.38. The SMILES string of the molecule is C=CNc1ccc(-c2nccn3nc(Nc4ccc(OC(F)(F)F)cc4)nc23)cn1. The number of alkyl halides is 3. The van der Waals surface area contributed by atoms with Gasteiger partial charge < -0.3 is 15.4 Å². The molecule has 0 saturated heterocycles. The lowest BCUT2D eigenvalue weighted by atomic mass is 10.2. The number of fused-ring (bicyclic) bond motifs is 1. The van der Waals surface area contributed by atoms with Crippen LogP contribution in [-0.4, -0.2) is 30.9 Å². The molecule has 4 rings (SSSR count). The highest BCUT2D eigenvalue weighted by atomic mass is 19.4. The Morgan fingerprint density at radius 1 is 1.07 bits per heavy atom. The first kappa shape index (κ1) is 19.2. The van der Waals surface area contributed by atoms with Crippen LogP contribution in [0.1, 0.15) is 0 Å². The largest absolute Gasteiger partial charge is 0.573 e. The second kappa shape index (κ2) is 7.70. The predicted molar refractivity (Wildman–Crippen MR) is 104 cm³/mol. The fraction of sp³-hybridized carbons (Fsp3) is 0.0526. The molecule has 0 aliphatic heterocycles. The molecule has 152 valence electrons. The normalized spacial score (nSPS) is 11.3. The monoisotopic (exact) mass is 413 g/mol. The summed E-state index contributed by atoms with van der Waals surface area (Å²) < 4.78 is 42.2. The van der Waals surface area contributed by atoms with Crippen molar-refractivity contribution in [3.05, 3.63) is 67.8 Å². The summed E-state index contributed by atoms with van der Waals surface area (Å²) in [6, 6.07) is 8.87. The second-order valence-electron chi connectivity index (χ2n) is 5.96. The number of anilines is 3. The van der Waals surface area contributed by atoms with Crippen molar-refractivity contribution in [2.45, 2.75) is 6.36 Å². The zero-order valence-corrected chi connectivity index (χ0v) is 15.3. The molecule has 0 radical (unpaired) electrons. The van der Waals surface area contributed by atoms with Crippen LogP contribution in [0.4, 0.5) is 30.6 Å². The van der Waals surface area contributed by atoms with E-state index in [4.69, 9.17) is 0 Å². The summed E-state index contributed by atoms with van der Waals surface area (Å²) in [7, 11) is 0. The molecule has 0 unspecified atom stereocenters. The van der Waals surface area contributed by atoms with Crippen molar-refractivity contribution in [1.29, 1.82) is 0 Å². The van der Waals surface area contributed by atoms with Gasteiger partial charge in [-0.25, -0.2) is 9.50 Å². The first-order valence-electron chi connectivity index (χ1n) is 8.59. The van der Waals surface area contributed by atoms with Crippen LogP contribution in [-0.2, 0) is 0 Å². The van der Waals surface area contributed by atoms with E-state index < -0.39 is 6.36 Å². The number of benzene rings is 1. The Morgan fingerprint density at radius 2 is 1.87 bits per heavy atom. The molecule has 0 aliphatic rings. The third kappa shape index (κ3) is 4.29. The number of aromatic nitrogens is 5. The number of hydrogen-bond donors (Lipinski definition) is 2. The highest BCUT2D eigenvalue weighted by Crippen LogP contribution is 2.26. The molecule has 0 bridgehead atoms. The van der Waals surface area contributed by atoms with Gasteiger partial charge in [-0.15, -0.1) is 18.3 Å². The first-order valence-corrected chi connectivity index (χ1v) is 8.59. The Morgan fingerprint density at radius 3 is 2.53 bits per heavy atom. The minimum Gasteiger partial charge on any atom is -0.406 e. The van der Waals surface area contributed by atoms with Crippen molar-refractivity contribution in [2.24, 2.45) is 0 Å². The fourth-order valence-corrected chi connectivity index (χ4v) is 2.67. The van der Waals surface area contributed by atoms with Crippen LogP contribution in [0.3, 0.4) is 0 Å². The Labute approximate surface area is 168 Å². The number of halogens is 3. The number of hydrogen-bond acceptors (Lipinski definition) is 7. The lowest BCUT2D eigenvalue weighted by Gasteiger charge is -2.09. The summed E-state index contributed by atoms with van der Waals surface area (Å²) in [6.45, 7) is 3.59. The van der Waals surface area contributed by atoms with Crippen molar-refractivity contribution in [1.82, 2.24) is 24.6 Å². The summed E-state index contributed by atoms with van der Waals surface area (Å²) >= 11 is 0. The van der Waals surface area contributed by atoms with E-state index in [1.54, 1.807) is 29.2 Å². The van der Waals surface area contributed by atoms with Crippen LogP contribution in [0, 0.1) is 0 Å². The van der Waals surface area contributed by atoms with Crippen LogP contribution in [0.2, 0.25) is 0 Å². The quantitative estimate of drug-likeness (QED) is 0.485. The second-order valence-corrected chi connectivity index (χ2v) is 5.96. The number of nitrogens with zero attached hydrogens (tertiary/aromatic N) is 5. The van der Waals surface area contributed by atoms with E-state index in [2.05, 4.69) is 42.0 Å². The van der Waals surface area contributed by atoms with Gasteiger partial charge in [0.1, 0.15) is 17.3 Å². The molecule has 2 N–H and O–H groups in total. The van der Waals surface area contributed by atoms with E-state index in [1.165, 1.54) is 30.5 Å². The maximum Gasteiger partial charge on any atom is 0.573 e. The van der Waals surface area contributed by atoms with Gasteiger partial charge in [-0.3, -0.25) is 4.98 Å². The standard InChI is InChI=1S/C19H14F3N7O/c1-2-23-15-8-3-12(11-25-15)16-17-27-18(28-29(17)10-9-24-16)26-13-4-6-14(7-5-13)30-19(20,21)22/h2-11H,1H2,(H,23,25)(H,26,28). The highest BCUT2D eigenvalue weighted by Gasteiger charge is 2.30. The maximum atomic E-state index is 12.3. The average molecular weight is 413 g/mol. The van der Waals surface area contributed by atoms with Crippen molar-refractivity contribution >= 4 is 23.1 Å². The van der Waals surface area contributed by atoms with Crippen LogP contribution >= 0.6 is 0 Å². The zero-order valence-electron chi connectivity index (χ0n) is 15.3. The highest BCUT2D eigenvalue weighted by molar-refractivity contribution is 5.74. The summed E-state index contributed by atoms with van der Waals surface area (Å²) in [5, 5.41) is 10.2. The number of ether oxygens (including phenoxy) is 1. The molecule has 0 spiro atoms. The Balaban J connectivity index is 1.58. The van der Waals surface area contributed by atoms with Crippen LogP contribution < -0.4 is 15.4 Å². The number of pyridine rings is 1. The zero-order chi connectivity index (χ0) is 21.1. The summed E-state index contributed by atoms with van der Waals surface area (Å²) in [5.41, 5.74) is 2.30. The summed E-state index contributed by atoms with van der Waals surface area (Å²) in [6.07, 6.45) is 1.66. The van der Waals surface area contributed by atoms with Crippen molar-refractivity contribution in [2.75, 3.05) is 10.6 Å². The topological polar surface area (TPSA) is 89.3 Å². The molecule has 8 nitrogen and oxygen atoms in total. The van der Waals surface area contributed by atoms with Crippen LogP contribution in [0.15, 0.2) is 67.8 Å². The summed E-state index contributed by atoms with van der Waals surface area (Å²) in [5.74, 6) is 0.582. The molecule has 0 atom stereocenters. The van der Waals surface area contributed by atoms with Gasteiger partial charge in [-0.1, -0.05) is 6.58 Å². The molecule has 0 amide bonds. The van der Waals surface area contributed by atoms with Crippen molar-refractivity contribution in [3.8, 4) is 17.0 Å². The van der Waals surface area contributed by atoms with E-state index in [0.717, 1.165) is 5.56 Å². The third-order valence-electron chi connectivity index (χ3n) is 3.89. The number of nitrogens with one attached hydrogen (secondary N) is 2. The smallest absolute Gasteiger partial charge is 0.406 e. The van der Waals surface area contributed by atoms with Gasteiger partial charge in [0.25, 0.3) is 0 Å². The van der Waals surface area contributed by atoms with Gasteiger partial charge >= 0.3 is 6.36 Å². The van der Waals surface area contributed by atoms with Crippen molar-refractivity contribution in [3.63, 3.8) is 0 Å².